The van der Waals surface area contributed by atoms with Crippen molar-refractivity contribution in [2.75, 3.05) is 43.5 Å². The summed E-state index contributed by atoms with van der Waals surface area (Å²) in [5.41, 5.74) is 1.18. The Balaban J connectivity index is 1.71. The lowest BCUT2D eigenvalue weighted by Gasteiger charge is -2.35. The molecule has 2 aromatic rings. The van der Waals surface area contributed by atoms with Gasteiger partial charge in [-0.15, -0.1) is 0 Å². The summed E-state index contributed by atoms with van der Waals surface area (Å²) in [6.45, 7) is 3.18. The van der Waals surface area contributed by atoms with Crippen molar-refractivity contribution in [3.05, 3.63) is 35.8 Å². The molecule has 27 heavy (non-hydrogen) atoms. The Bertz CT molecular complexity index is 922. The Morgan fingerprint density at radius 1 is 1.22 bits per heavy atom. The van der Waals surface area contributed by atoms with Crippen LogP contribution in [0.15, 0.2) is 28.5 Å². The minimum atomic E-state index is -3.72. The lowest BCUT2D eigenvalue weighted by atomic mass is 10.2. The number of aromatic nitrogens is 1. The quantitative estimate of drug-likeness (QED) is 0.825. The highest BCUT2D eigenvalue weighted by Crippen LogP contribution is 2.30. The van der Waals surface area contributed by atoms with Gasteiger partial charge in [0.2, 0.25) is 0 Å². The molecule has 0 atom stereocenters. The number of aryl methyl sites for hydroxylation is 1. The molecule has 0 unspecified atom stereocenters. The summed E-state index contributed by atoms with van der Waals surface area (Å²) >= 11 is 0.895. The number of thiazole rings is 1. The topological polar surface area (TPSA) is 91.8 Å². The van der Waals surface area contributed by atoms with Crippen LogP contribution in [0.5, 0.6) is 0 Å². The third-order valence-electron chi connectivity index (χ3n) is 4.15. The first-order chi connectivity index (χ1) is 12.8. The average molecular weight is 414 g/mol. The third kappa shape index (κ3) is 4.20. The standard InChI is InChI=1S/C16H19FN4O4S2/c1-11-14(26-15(18-11)19-16(22)25-2)27(23,24)21-9-7-20(8-10-21)13-5-3-12(17)4-6-13/h3-6H,7-10H2,1-2H3,(H,18,19,22). The molecular weight excluding hydrogens is 395 g/mol. The van der Waals surface area contributed by atoms with Crippen LogP contribution in [0.4, 0.5) is 20.0 Å². The van der Waals surface area contributed by atoms with Gasteiger partial charge < -0.3 is 9.64 Å². The predicted octanol–water partition coefficient (Wildman–Crippen LogP) is 2.28. The number of rotatable bonds is 4. The number of carbonyl (C=O) groups excluding carboxylic acids is 1. The van der Waals surface area contributed by atoms with Gasteiger partial charge in [-0.25, -0.2) is 22.6 Å². The summed E-state index contributed by atoms with van der Waals surface area (Å²) in [6, 6.07) is 6.12. The monoisotopic (exact) mass is 414 g/mol. The number of sulfonamides is 1. The second kappa shape index (κ2) is 7.79. The number of benzene rings is 1. The molecule has 0 radical (unpaired) electrons. The van der Waals surface area contributed by atoms with Crippen LogP contribution in [-0.2, 0) is 14.8 Å². The minimum Gasteiger partial charge on any atom is -0.453 e. The normalized spacial score (nSPS) is 15.6. The number of piperazine rings is 1. The van der Waals surface area contributed by atoms with Crippen molar-refractivity contribution in [1.82, 2.24) is 9.29 Å². The van der Waals surface area contributed by atoms with Crippen LogP contribution in [-0.4, -0.2) is 57.1 Å². The van der Waals surface area contributed by atoms with E-state index in [0.29, 0.717) is 31.9 Å². The molecule has 3 rings (SSSR count). The van der Waals surface area contributed by atoms with E-state index in [1.165, 1.54) is 23.5 Å². The Morgan fingerprint density at radius 2 is 1.85 bits per heavy atom. The third-order valence-corrected chi connectivity index (χ3v) is 7.71. The smallest absolute Gasteiger partial charge is 0.413 e. The van der Waals surface area contributed by atoms with E-state index in [1.807, 2.05) is 4.90 Å². The molecule has 1 aromatic carbocycles. The van der Waals surface area contributed by atoms with Gasteiger partial charge in [-0.05, 0) is 31.2 Å². The Kier molecular flexibility index (Phi) is 5.63. The number of methoxy groups -OCH3 is 1. The first kappa shape index (κ1) is 19.5. The molecule has 1 aliphatic heterocycles. The summed E-state index contributed by atoms with van der Waals surface area (Å²) in [6.07, 6.45) is -0.708. The van der Waals surface area contributed by atoms with Crippen LogP contribution in [0.2, 0.25) is 0 Å². The maximum absolute atomic E-state index is 13.1. The molecule has 11 heteroatoms. The molecular formula is C16H19FN4O4S2. The molecule has 1 amide bonds. The number of amides is 1. The molecule has 0 bridgehead atoms. The van der Waals surface area contributed by atoms with Crippen molar-refractivity contribution >= 4 is 38.3 Å². The van der Waals surface area contributed by atoms with E-state index in [4.69, 9.17) is 0 Å². The molecule has 1 N–H and O–H groups in total. The van der Waals surface area contributed by atoms with Gasteiger partial charge in [-0.2, -0.15) is 4.31 Å². The second-order valence-corrected chi connectivity index (χ2v) is 9.01. The van der Waals surface area contributed by atoms with Crippen molar-refractivity contribution < 1.29 is 22.3 Å². The van der Waals surface area contributed by atoms with Crippen LogP contribution in [0.1, 0.15) is 5.69 Å². The molecule has 0 aliphatic carbocycles. The minimum absolute atomic E-state index is 0.101. The van der Waals surface area contributed by atoms with Crippen molar-refractivity contribution in [2.24, 2.45) is 0 Å². The number of ether oxygens (including phenoxy) is 1. The van der Waals surface area contributed by atoms with E-state index in [-0.39, 0.29) is 15.2 Å². The average Bonchev–Trinajstić information content (AvgIpc) is 3.03. The fraction of sp³-hybridized carbons (Fsp3) is 0.375. The number of halogens is 1. The summed E-state index contributed by atoms with van der Waals surface area (Å²) in [5.74, 6) is -0.308. The Labute approximate surface area is 160 Å². The summed E-state index contributed by atoms with van der Waals surface area (Å²) < 4.78 is 44.9. The molecule has 8 nitrogen and oxygen atoms in total. The fourth-order valence-electron chi connectivity index (χ4n) is 2.77. The van der Waals surface area contributed by atoms with E-state index >= 15 is 0 Å². The fourth-order valence-corrected chi connectivity index (χ4v) is 5.73. The summed E-state index contributed by atoms with van der Waals surface area (Å²) in [5, 5.41) is 2.55. The van der Waals surface area contributed by atoms with Crippen LogP contribution >= 0.6 is 11.3 Å². The van der Waals surface area contributed by atoms with Crippen molar-refractivity contribution in [2.45, 2.75) is 11.1 Å². The molecule has 1 fully saturated rings. The Morgan fingerprint density at radius 3 is 2.44 bits per heavy atom. The molecule has 1 saturated heterocycles. The number of hydrogen-bond acceptors (Lipinski definition) is 7. The highest BCUT2D eigenvalue weighted by molar-refractivity contribution is 7.91. The molecule has 0 saturated carbocycles. The van der Waals surface area contributed by atoms with Crippen LogP contribution in [0, 0.1) is 12.7 Å². The summed E-state index contributed by atoms with van der Waals surface area (Å²) in [7, 11) is -2.50. The van der Waals surface area contributed by atoms with Gasteiger partial charge in [-0.1, -0.05) is 11.3 Å². The maximum Gasteiger partial charge on any atom is 0.413 e. The first-order valence-electron chi connectivity index (χ1n) is 8.14. The highest BCUT2D eigenvalue weighted by Gasteiger charge is 2.32. The molecule has 1 aromatic heterocycles. The second-order valence-electron chi connectivity index (χ2n) is 5.88. The lowest BCUT2D eigenvalue weighted by Crippen LogP contribution is -2.48. The molecule has 0 spiro atoms. The lowest BCUT2D eigenvalue weighted by molar-refractivity contribution is 0.187. The van der Waals surface area contributed by atoms with Gasteiger partial charge in [0.25, 0.3) is 10.0 Å². The van der Waals surface area contributed by atoms with Crippen LogP contribution in [0.25, 0.3) is 0 Å². The van der Waals surface area contributed by atoms with E-state index in [2.05, 4.69) is 15.0 Å². The number of anilines is 2. The maximum atomic E-state index is 13.1. The van der Waals surface area contributed by atoms with Gasteiger partial charge in [0.1, 0.15) is 5.82 Å². The highest BCUT2D eigenvalue weighted by atomic mass is 32.2. The van der Waals surface area contributed by atoms with Gasteiger partial charge in [0, 0.05) is 31.9 Å². The number of hydrogen-bond donors (Lipinski definition) is 1. The van der Waals surface area contributed by atoms with Crippen LogP contribution < -0.4 is 10.2 Å². The SMILES string of the molecule is COC(=O)Nc1nc(C)c(S(=O)(=O)N2CCN(c3ccc(F)cc3)CC2)s1. The Hall–Kier alpha value is -2.24. The predicted molar refractivity (Wildman–Crippen MR) is 100 cm³/mol. The van der Waals surface area contributed by atoms with E-state index < -0.39 is 16.1 Å². The zero-order valence-electron chi connectivity index (χ0n) is 14.8. The van der Waals surface area contributed by atoms with Gasteiger partial charge in [-0.3, -0.25) is 5.32 Å². The van der Waals surface area contributed by atoms with Gasteiger partial charge in [0.05, 0.1) is 12.8 Å². The number of carbonyl (C=O) groups is 1. The van der Waals surface area contributed by atoms with E-state index in [0.717, 1.165) is 17.0 Å². The van der Waals surface area contributed by atoms with Gasteiger partial charge in [0.15, 0.2) is 9.34 Å². The molecule has 1 aliphatic rings. The zero-order chi connectivity index (χ0) is 19.6. The van der Waals surface area contributed by atoms with Crippen molar-refractivity contribution in [3.8, 4) is 0 Å². The van der Waals surface area contributed by atoms with E-state index in [9.17, 15) is 17.6 Å². The zero-order valence-corrected chi connectivity index (χ0v) is 16.4. The van der Waals surface area contributed by atoms with Crippen LogP contribution in [0.3, 0.4) is 0 Å². The van der Waals surface area contributed by atoms with Crippen molar-refractivity contribution in [1.29, 1.82) is 0 Å². The van der Waals surface area contributed by atoms with E-state index in [1.54, 1.807) is 19.1 Å². The number of nitrogens with zero attached hydrogens (tertiary/aromatic N) is 3. The van der Waals surface area contributed by atoms with Gasteiger partial charge >= 0.3 is 6.09 Å². The van der Waals surface area contributed by atoms with Crippen molar-refractivity contribution in [3.63, 3.8) is 0 Å². The number of nitrogens with one attached hydrogen (secondary N) is 1. The first-order valence-corrected chi connectivity index (χ1v) is 10.4. The largest absolute Gasteiger partial charge is 0.453 e. The molecule has 146 valence electrons. The molecule has 2 heterocycles. The summed E-state index contributed by atoms with van der Waals surface area (Å²) in [4.78, 5) is 17.4.